The summed E-state index contributed by atoms with van der Waals surface area (Å²) >= 11 is 0. The molecular weight excluding hydrogens is 236 g/mol. The first-order valence-electron chi connectivity index (χ1n) is 5.71. The normalized spacial score (nSPS) is 19.6. The van der Waals surface area contributed by atoms with Crippen LogP contribution < -0.4 is 4.90 Å². The number of imidazole rings is 1. The van der Waals surface area contributed by atoms with E-state index in [2.05, 4.69) is 4.98 Å². The molecule has 1 aliphatic heterocycles. The quantitative estimate of drug-likeness (QED) is 0.628. The number of fused-ring (bicyclic) bond motifs is 1. The molecule has 2 aromatic rings. The number of hydrogen-bond donors (Lipinski definition) is 1. The molecule has 0 amide bonds. The molecule has 0 aliphatic carbocycles. The second kappa shape index (κ2) is 3.95. The highest BCUT2D eigenvalue weighted by Crippen LogP contribution is 2.30. The zero-order valence-corrected chi connectivity index (χ0v) is 9.56. The van der Waals surface area contributed by atoms with Gasteiger partial charge in [-0.05, 0) is 17.4 Å². The molecule has 1 aliphatic rings. The summed E-state index contributed by atoms with van der Waals surface area (Å²) in [6.07, 6.45) is 1.80. The fourth-order valence-corrected chi connectivity index (χ4v) is 2.29. The van der Waals surface area contributed by atoms with Gasteiger partial charge < -0.3 is 20.1 Å². The zero-order chi connectivity index (χ0) is 12.7. The van der Waals surface area contributed by atoms with Crippen LogP contribution in [-0.2, 0) is 0 Å². The number of nitro groups is 1. The van der Waals surface area contributed by atoms with Crippen molar-refractivity contribution in [2.75, 3.05) is 18.0 Å². The lowest BCUT2D eigenvalue weighted by atomic mass is 10.3. The Morgan fingerprint density at radius 1 is 1.50 bits per heavy atom. The third kappa shape index (κ3) is 1.60. The minimum Gasteiger partial charge on any atom is -0.391 e. The van der Waals surface area contributed by atoms with Crippen molar-refractivity contribution in [1.29, 1.82) is 0 Å². The van der Waals surface area contributed by atoms with Crippen LogP contribution in [0, 0.1) is 10.1 Å². The van der Waals surface area contributed by atoms with Gasteiger partial charge in [-0.25, -0.2) is 0 Å². The smallest absolute Gasteiger partial charge is 0.372 e. The summed E-state index contributed by atoms with van der Waals surface area (Å²) in [5.41, 5.74) is 0.542. The number of nitrogens with zero attached hydrogens (tertiary/aromatic N) is 4. The fourth-order valence-electron chi connectivity index (χ4n) is 2.29. The summed E-state index contributed by atoms with van der Waals surface area (Å²) in [5, 5.41) is 20.7. The number of aliphatic hydroxyl groups is 1. The third-order valence-electron chi connectivity index (χ3n) is 3.12. The van der Waals surface area contributed by atoms with Gasteiger partial charge in [-0.2, -0.15) is 9.38 Å². The van der Waals surface area contributed by atoms with E-state index >= 15 is 0 Å². The van der Waals surface area contributed by atoms with Gasteiger partial charge in [0.05, 0.1) is 12.3 Å². The van der Waals surface area contributed by atoms with E-state index in [1.165, 1.54) is 4.40 Å². The maximum absolute atomic E-state index is 11.2. The van der Waals surface area contributed by atoms with Crippen molar-refractivity contribution in [2.24, 2.45) is 0 Å². The van der Waals surface area contributed by atoms with Crippen molar-refractivity contribution in [1.82, 2.24) is 9.38 Å². The lowest BCUT2D eigenvalue weighted by Gasteiger charge is -2.13. The van der Waals surface area contributed by atoms with Gasteiger partial charge in [0, 0.05) is 19.2 Å². The van der Waals surface area contributed by atoms with Crippen LogP contribution in [-0.4, -0.2) is 38.6 Å². The molecule has 2 aromatic heterocycles. The molecule has 0 radical (unpaired) electrons. The van der Waals surface area contributed by atoms with E-state index in [-0.39, 0.29) is 5.82 Å². The van der Waals surface area contributed by atoms with Crippen molar-refractivity contribution in [3.05, 3.63) is 34.5 Å². The van der Waals surface area contributed by atoms with Crippen molar-refractivity contribution in [2.45, 2.75) is 12.5 Å². The Bertz CT molecular complexity index is 609. The van der Waals surface area contributed by atoms with Crippen molar-refractivity contribution < 1.29 is 10.0 Å². The highest BCUT2D eigenvalue weighted by Gasteiger charge is 2.31. The molecular formula is C11H12N4O3. The van der Waals surface area contributed by atoms with Gasteiger partial charge in [0.25, 0.3) is 0 Å². The Kier molecular flexibility index (Phi) is 2.41. The second-order valence-electron chi connectivity index (χ2n) is 4.33. The Morgan fingerprint density at radius 3 is 3.00 bits per heavy atom. The summed E-state index contributed by atoms with van der Waals surface area (Å²) in [7, 11) is 0. The molecule has 0 unspecified atom stereocenters. The van der Waals surface area contributed by atoms with Gasteiger partial charge in [0.2, 0.25) is 11.5 Å². The van der Waals surface area contributed by atoms with Gasteiger partial charge in [-0.3, -0.25) is 0 Å². The van der Waals surface area contributed by atoms with E-state index in [1.807, 2.05) is 0 Å². The van der Waals surface area contributed by atoms with Gasteiger partial charge in [0.15, 0.2) is 0 Å². The molecule has 18 heavy (non-hydrogen) atoms. The van der Waals surface area contributed by atoms with Crippen molar-refractivity contribution in [3.63, 3.8) is 0 Å². The fraction of sp³-hybridized carbons (Fsp3) is 0.364. The van der Waals surface area contributed by atoms with Crippen LogP contribution in [0.4, 0.5) is 11.6 Å². The maximum Gasteiger partial charge on any atom is 0.372 e. The third-order valence-corrected chi connectivity index (χ3v) is 3.12. The molecule has 0 spiro atoms. The van der Waals surface area contributed by atoms with Crippen molar-refractivity contribution in [3.8, 4) is 0 Å². The molecule has 3 rings (SSSR count). The van der Waals surface area contributed by atoms with Crippen LogP contribution in [0.2, 0.25) is 0 Å². The number of β-amino-alcohol motifs (C(OH)–C–C–N with tert-alkyl or cyclic N) is 1. The van der Waals surface area contributed by atoms with Crippen LogP contribution in [0.15, 0.2) is 24.4 Å². The average molecular weight is 248 g/mol. The molecule has 3 heterocycles. The summed E-state index contributed by atoms with van der Waals surface area (Å²) in [6.45, 7) is 0.983. The van der Waals surface area contributed by atoms with Gasteiger partial charge in [-0.1, -0.05) is 6.07 Å². The predicted molar refractivity (Wildman–Crippen MR) is 64.7 cm³/mol. The molecule has 0 saturated carbocycles. The molecule has 1 atom stereocenters. The van der Waals surface area contributed by atoms with Crippen LogP contribution >= 0.6 is 0 Å². The predicted octanol–water partition coefficient (Wildman–Crippen LogP) is 0.813. The zero-order valence-electron chi connectivity index (χ0n) is 9.56. The van der Waals surface area contributed by atoms with E-state index in [0.717, 1.165) is 0 Å². The highest BCUT2D eigenvalue weighted by atomic mass is 16.6. The topological polar surface area (TPSA) is 83.9 Å². The molecule has 7 nitrogen and oxygen atoms in total. The first-order chi connectivity index (χ1) is 8.66. The molecule has 1 fully saturated rings. The van der Waals surface area contributed by atoms with Crippen molar-refractivity contribution >= 4 is 17.3 Å². The second-order valence-corrected chi connectivity index (χ2v) is 4.33. The SMILES string of the molecule is O=[N+]([O-])c1c(N2CC[C@@H](O)C2)nc2ccccn12. The van der Waals surface area contributed by atoms with E-state index < -0.39 is 11.0 Å². The Labute approximate surface area is 102 Å². The van der Waals surface area contributed by atoms with Gasteiger partial charge >= 0.3 is 5.82 Å². The van der Waals surface area contributed by atoms with E-state index in [1.54, 1.807) is 29.3 Å². The first kappa shape index (κ1) is 11.0. The Hall–Kier alpha value is -2.15. The molecule has 1 N–H and O–H groups in total. The van der Waals surface area contributed by atoms with Crippen LogP contribution in [0.25, 0.3) is 5.65 Å². The van der Waals surface area contributed by atoms with Gasteiger partial charge in [0.1, 0.15) is 0 Å². The lowest BCUT2D eigenvalue weighted by Crippen LogP contribution is -2.22. The molecule has 7 heteroatoms. The summed E-state index contributed by atoms with van der Waals surface area (Å²) in [5.74, 6) is 0.294. The Balaban J connectivity index is 2.16. The molecule has 0 bridgehead atoms. The van der Waals surface area contributed by atoms with E-state index in [9.17, 15) is 15.2 Å². The lowest BCUT2D eigenvalue weighted by molar-refractivity contribution is -0.389. The summed E-state index contributed by atoms with van der Waals surface area (Å²) in [6, 6.07) is 5.24. The van der Waals surface area contributed by atoms with Crippen LogP contribution in [0.3, 0.4) is 0 Å². The number of hydrogen-bond acceptors (Lipinski definition) is 5. The van der Waals surface area contributed by atoms with E-state index in [0.29, 0.717) is 31.0 Å². The number of anilines is 1. The first-order valence-corrected chi connectivity index (χ1v) is 5.71. The number of rotatable bonds is 2. The number of aliphatic hydroxyl groups excluding tert-OH is 1. The standard InChI is InChI=1S/C11H12N4O3/c16-8-4-6-13(7-8)10-11(15(17)18)14-5-2-1-3-9(14)12-10/h1-3,5,8,16H,4,6-7H2/t8-/m1/s1. The van der Waals surface area contributed by atoms with Gasteiger partial charge in [-0.15, -0.1) is 0 Å². The average Bonchev–Trinajstić information content (AvgIpc) is 2.91. The van der Waals surface area contributed by atoms with Crippen LogP contribution in [0.1, 0.15) is 6.42 Å². The minimum atomic E-state index is -0.436. The largest absolute Gasteiger partial charge is 0.391 e. The number of pyridine rings is 1. The molecule has 94 valence electrons. The maximum atomic E-state index is 11.2. The molecule has 0 aromatic carbocycles. The molecule has 1 saturated heterocycles. The Morgan fingerprint density at radius 2 is 2.33 bits per heavy atom. The highest BCUT2D eigenvalue weighted by molar-refractivity contribution is 5.64. The number of aromatic nitrogens is 2. The van der Waals surface area contributed by atoms with E-state index in [4.69, 9.17) is 0 Å². The summed E-state index contributed by atoms with van der Waals surface area (Å²) in [4.78, 5) is 16.8. The van der Waals surface area contributed by atoms with Crippen LogP contribution in [0.5, 0.6) is 0 Å². The summed E-state index contributed by atoms with van der Waals surface area (Å²) < 4.78 is 1.46. The minimum absolute atomic E-state index is 0.0419. The monoisotopic (exact) mass is 248 g/mol.